The molecule has 0 radical (unpaired) electrons. The van der Waals surface area contributed by atoms with Crippen LogP contribution in [-0.4, -0.2) is 37.8 Å². The predicted octanol–water partition coefficient (Wildman–Crippen LogP) is 4.25. The summed E-state index contributed by atoms with van der Waals surface area (Å²) in [6.45, 7) is 7.17. The fraction of sp³-hybridized carbons (Fsp3) is 0.417. The topological polar surface area (TPSA) is 46.2 Å². The molecule has 4 rings (SSSR count). The molecule has 5 heteroatoms. The Labute approximate surface area is 172 Å². The molecule has 2 saturated heterocycles. The molecule has 2 aliphatic rings. The van der Waals surface area contributed by atoms with E-state index < -0.39 is 12.6 Å². The monoisotopic (exact) mass is 396 g/mol. The Bertz CT molecular complexity index is 765. The van der Waals surface area contributed by atoms with E-state index >= 15 is 0 Å². The summed E-state index contributed by atoms with van der Waals surface area (Å²) < 4.78 is 30.7. The van der Waals surface area contributed by atoms with Gasteiger partial charge in [0.15, 0.2) is 12.6 Å². The molecule has 4 unspecified atom stereocenters. The summed E-state index contributed by atoms with van der Waals surface area (Å²) in [5.41, 5.74) is 2.11. The summed E-state index contributed by atoms with van der Waals surface area (Å²) in [7, 11) is 0. The van der Waals surface area contributed by atoms with Crippen LogP contribution in [0.1, 0.15) is 24.3 Å². The summed E-state index contributed by atoms with van der Waals surface area (Å²) in [6.07, 6.45) is 0.232. The highest BCUT2D eigenvalue weighted by Crippen LogP contribution is 2.38. The van der Waals surface area contributed by atoms with Gasteiger partial charge in [0.1, 0.15) is 12.2 Å². The fourth-order valence-electron chi connectivity index (χ4n) is 3.85. The third-order valence-electron chi connectivity index (χ3n) is 5.37. The summed E-state index contributed by atoms with van der Waals surface area (Å²) in [6, 6.07) is 20.1. The van der Waals surface area contributed by atoms with Gasteiger partial charge in [0, 0.05) is 11.5 Å². The van der Waals surface area contributed by atoms with E-state index in [9.17, 15) is 0 Å². The van der Waals surface area contributed by atoms with Gasteiger partial charge in [-0.15, -0.1) is 6.58 Å². The molecular formula is C24H28O5. The molecule has 5 nitrogen and oxygen atoms in total. The number of rotatable bonds is 7. The molecular weight excluding hydrogens is 368 g/mol. The SMILES string of the molecule is C=CCO[C@H]1OC2COC(c3ccccc3)O[C@H]2C(OCc2ccccc2)C1C. The van der Waals surface area contributed by atoms with E-state index in [4.69, 9.17) is 23.7 Å². The van der Waals surface area contributed by atoms with E-state index in [1.807, 2.05) is 48.5 Å². The molecule has 0 amide bonds. The standard InChI is InChI=1S/C24H28O5/c1-3-14-25-23-17(2)21(26-15-18-10-6-4-7-11-18)22-20(28-23)16-27-24(29-22)19-12-8-5-9-13-19/h3-13,17,20-24H,1,14-16H2,2H3/t17?,20?,21?,22-,23+,24?/m1/s1. The van der Waals surface area contributed by atoms with Crippen LogP contribution in [0.5, 0.6) is 0 Å². The van der Waals surface area contributed by atoms with Gasteiger partial charge in [-0.25, -0.2) is 0 Å². The fourth-order valence-corrected chi connectivity index (χ4v) is 3.85. The number of hydrogen-bond donors (Lipinski definition) is 0. The van der Waals surface area contributed by atoms with E-state index in [1.54, 1.807) is 6.08 Å². The molecule has 0 spiro atoms. The predicted molar refractivity (Wildman–Crippen MR) is 109 cm³/mol. The van der Waals surface area contributed by atoms with Gasteiger partial charge in [-0.3, -0.25) is 0 Å². The molecule has 0 bridgehead atoms. The van der Waals surface area contributed by atoms with Crippen molar-refractivity contribution < 1.29 is 23.7 Å². The molecule has 29 heavy (non-hydrogen) atoms. The highest BCUT2D eigenvalue weighted by molar-refractivity contribution is 5.17. The van der Waals surface area contributed by atoms with E-state index in [0.717, 1.165) is 11.1 Å². The van der Waals surface area contributed by atoms with E-state index in [-0.39, 0.29) is 24.2 Å². The van der Waals surface area contributed by atoms with Crippen LogP contribution < -0.4 is 0 Å². The van der Waals surface area contributed by atoms with Gasteiger partial charge >= 0.3 is 0 Å². The van der Waals surface area contributed by atoms with Crippen molar-refractivity contribution in [1.82, 2.24) is 0 Å². The van der Waals surface area contributed by atoms with Crippen molar-refractivity contribution >= 4 is 0 Å². The van der Waals surface area contributed by atoms with Crippen LogP contribution in [0.3, 0.4) is 0 Å². The molecule has 2 aliphatic heterocycles. The molecule has 2 fully saturated rings. The zero-order chi connectivity index (χ0) is 20.1. The molecule has 2 aromatic rings. The number of benzene rings is 2. The lowest BCUT2D eigenvalue weighted by atomic mass is 9.91. The largest absolute Gasteiger partial charge is 0.370 e. The molecule has 2 heterocycles. The molecule has 0 aliphatic carbocycles. The Morgan fingerprint density at radius 3 is 2.45 bits per heavy atom. The molecule has 0 saturated carbocycles. The maximum Gasteiger partial charge on any atom is 0.184 e. The second-order valence-electron chi connectivity index (χ2n) is 7.46. The van der Waals surface area contributed by atoms with Gasteiger partial charge in [0.25, 0.3) is 0 Å². The Kier molecular flexibility index (Phi) is 6.74. The first kappa shape index (κ1) is 20.3. The van der Waals surface area contributed by atoms with Crippen molar-refractivity contribution in [3.8, 4) is 0 Å². The van der Waals surface area contributed by atoms with Crippen LogP contribution in [0.2, 0.25) is 0 Å². The van der Waals surface area contributed by atoms with Gasteiger partial charge in [-0.05, 0) is 5.56 Å². The average Bonchev–Trinajstić information content (AvgIpc) is 2.78. The van der Waals surface area contributed by atoms with Crippen molar-refractivity contribution in [3.05, 3.63) is 84.4 Å². The lowest BCUT2D eigenvalue weighted by Gasteiger charge is -2.48. The molecule has 154 valence electrons. The quantitative estimate of drug-likeness (QED) is 0.655. The average molecular weight is 396 g/mol. The van der Waals surface area contributed by atoms with Crippen LogP contribution in [0.25, 0.3) is 0 Å². The van der Waals surface area contributed by atoms with Gasteiger partial charge in [0.2, 0.25) is 0 Å². The normalized spacial score (nSPS) is 31.8. The molecule has 6 atom stereocenters. The second-order valence-corrected chi connectivity index (χ2v) is 7.46. The van der Waals surface area contributed by atoms with Crippen molar-refractivity contribution in [2.75, 3.05) is 13.2 Å². The minimum atomic E-state index is -0.429. The first-order chi connectivity index (χ1) is 14.3. The third-order valence-corrected chi connectivity index (χ3v) is 5.37. The zero-order valence-electron chi connectivity index (χ0n) is 16.7. The van der Waals surface area contributed by atoms with Crippen LogP contribution in [0.15, 0.2) is 73.3 Å². The minimum Gasteiger partial charge on any atom is -0.370 e. The van der Waals surface area contributed by atoms with Crippen LogP contribution in [0.4, 0.5) is 0 Å². The number of ether oxygens (including phenoxy) is 5. The zero-order valence-corrected chi connectivity index (χ0v) is 16.7. The van der Waals surface area contributed by atoms with Crippen molar-refractivity contribution in [1.29, 1.82) is 0 Å². The lowest BCUT2D eigenvalue weighted by molar-refractivity contribution is -0.356. The smallest absolute Gasteiger partial charge is 0.184 e. The molecule has 0 N–H and O–H groups in total. The summed E-state index contributed by atoms with van der Waals surface area (Å²) >= 11 is 0. The van der Waals surface area contributed by atoms with Crippen molar-refractivity contribution in [3.63, 3.8) is 0 Å². The lowest BCUT2D eigenvalue weighted by Crippen LogP contribution is -2.59. The van der Waals surface area contributed by atoms with Gasteiger partial charge < -0.3 is 23.7 Å². The first-order valence-electron chi connectivity index (χ1n) is 10.1. The van der Waals surface area contributed by atoms with Crippen LogP contribution >= 0.6 is 0 Å². The summed E-state index contributed by atoms with van der Waals surface area (Å²) in [4.78, 5) is 0. The summed E-state index contributed by atoms with van der Waals surface area (Å²) in [5, 5.41) is 0. The van der Waals surface area contributed by atoms with Gasteiger partial charge in [0.05, 0.1) is 25.9 Å². The Balaban J connectivity index is 1.51. The Morgan fingerprint density at radius 1 is 1.00 bits per heavy atom. The maximum atomic E-state index is 6.38. The van der Waals surface area contributed by atoms with Gasteiger partial charge in [-0.2, -0.15) is 0 Å². The molecule has 2 aromatic carbocycles. The second kappa shape index (κ2) is 9.65. The van der Waals surface area contributed by atoms with E-state index in [0.29, 0.717) is 19.8 Å². The highest BCUT2D eigenvalue weighted by Gasteiger charge is 2.49. The Hall–Kier alpha value is -2.02. The number of fused-ring (bicyclic) bond motifs is 1. The molecule has 0 aromatic heterocycles. The third kappa shape index (κ3) is 4.77. The Morgan fingerprint density at radius 2 is 1.72 bits per heavy atom. The highest BCUT2D eigenvalue weighted by atomic mass is 16.7. The van der Waals surface area contributed by atoms with Gasteiger partial charge in [-0.1, -0.05) is 73.7 Å². The minimum absolute atomic E-state index is 0.00515. The first-order valence-corrected chi connectivity index (χ1v) is 10.1. The van der Waals surface area contributed by atoms with Crippen molar-refractivity contribution in [2.45, 2.75) is 44.4 Å². The van der Waals surface area contributed by atoms with E-state index in [2.05, 4.69) is 25.6 Å². The van der Waals surface area contributed by atoms with E-state index in [1.165, 1.54) is 0 Å². The summed E-state index contributed by atoms with van der Waals surface area (Å²) in [5.74, 6) is -0.00515. The maximum absolute atomic E-state index is 6.38. The number of hydrogen-bond acceptors (Lipinski definition) is 5. The van der Waals surface area contributed by atoms with Crippen LogP contribution in [-0.2, 0) is 30.3 Å². The van der Waals surface area contributed by atoms with Crippen molar-refractivity contribution in [2.24, 2.45) is 5.92 Å². The van der Waals surface area contributed by atoms with Crippen LogP contribution in [0, 0.1) is 5.92 Å².